The zero-order valence-electron chi connectivity index (χ0n) is 14.8. The molecule has 3 aromatic heterocycles. The van der Waals surface area contributed by atoms with Gasteiger partial charge >= 0.3 is 0 Å². The molecule has 0 spiro atoms. The Bertz CT molecular complexity index is 987. The highest BCUT2D eigenvalue weighted by Gasteiger charge is 2.29. The summed E-state index contributed by atoms with van der Waals surface area (Å²) >= 11 is 1.46. The fourth-order valence-electron chi connectivity index (χ4n) is 3.77. The third-order valence-electron chi connectivity index (χ3n) is 5.17. The summed E-state index contributed by atoms with van der Waals surface area (Å²) in [6.07, 6.45) is 7.06. The van der Waals surface area contributed by atoms with E-state index in [9.17, 15) is 9.59 Å². The van der Waals surface area contributed by atoms with Gasteiger partial charge in [-0.15, -0.1) is 11.3 Å². The first-order valence-corrected chi connectivity index (χ1v) is 9.86. The van der Waals surface area contributed by atoms with Crippen LogP contribution >= 0.6 is 11.3 Å². The minimum atomic E-state index is -0.0679. The Labute approximate surface area is 155 Å². The van der Waals surface area contributed by atoms with Crippen LogP contribution in [0.4, 0.5) is 0 Å². The van der Waals surface area contributed by atoms with Gasteiger partial charge in [0.1, 0.15) is 4.83 Å². The minimum Gasteiger partial charge on any atom is -0.353 e. The van der Waals surface area contributed by atoms with Crippen molar-refractivity contribution in [3.63, 3.8) is 0 Å². The predicted molar refractivity (Wildman–Crippen MR) is 102 cm³/mol. The smallest absolute Gasteiger partial charge is 0.262 e. The van der Waals surface area contributed by atoms with E-state index in [-0.39, 0.29) is 17.5 Å². The standard InChI is InChI=1S/C19H22N4O2S/c1-21-9-4-6-15(21)16-5-2-3-10-23(16)17(24)7-11-22-13-20-18-14(19(22)25)8-12-26-18/h4,6,8-9,12-13,16H,2-3,5,7,10-11H2,1H3. The molecule has 0 bridgehead atoms. The molecular formula is C19H22N4O2S. The molecule has 0 N–H and O–H groups in total. The first kappa shape index (κ1) is 17.0. The summed E-state index contributed by atoms with van der Waals surface area (Å²) in [6.45, 7) is 1.15. The Morgan fingerprint density at radius 1 is 1.35 bits per heavy atom. The Hall–Kier alpha value is -2.41. The van der Waals surface area contributed by atoms with Crippen LogP contribution in [-0.4, -0.2) is 31.5 Å². The lowest BCUT2D eigenvalue weighted by Gasteiger charge is -2.36. The molecule has 6 nitrogen and oxygen atoms in total. The van der Waals surface area contributed by atoms with Crippen molar-refractivity contribution in [3.8, 4) is 0 Å². The molecule has 1 saturated heterocycles. The van der Waals surface area contributed by atoms with Crippen LogP contribution in [-0.2, 0) is 18.4 Å². The number of carbonyl (C=O) groups is 1. The number of aryl methyl sites for hydroxylation is 2. The van der Waals surface area contributed by atoms with Crippen molar-refractivity contribution in [3.05, 3.63) is 52.2 Å². The number of likely N-dealkylation sites (tertiary alicyclic amines) is 1. The van der Waals surface area contributed by atoms with Gasteiger partial charge in [-0.3, -0.25) is 14.2 Å². The van der Waals surface area contributed by atoms with Gasteiger partial charge in [0.2, 0.25) is 5.91 Å². The van der Waals surface area contributed by atoms with Crippen molar-refractivity contribution < 1.29 is 4.79 Å². The summed E-state index contributed by atoms with van der Waals surface area (Å²) in [7, 11) is 2.02. The molecule has 1 aliphatic heterocycles. The maximum absolute atomic E-state index is 12.9. The van der Waals surface area contributed by atoms with E-state index < -0.39 is 0 Å². The van der Waals surface area contributed by atoms with Crippen LogP contribution in [0.1, 0.15) is 37.4 Å². The zero-order valence-corrected chi connectivity index (χ0v) is 15.6. The highest BCUT2D eigenvalue weighted by molar-refractivity contribution is 7.16. The maximum Gasteiger partial charge on any atom is 0.262 e. The fourth-order valence-corrected chi connectivity index (χ4v) is 4.49. The number of hydrogen-bond donors (Lipinski definition) is 0. The second-order valence-corrected chi connectivity index (χ2v) is 7.67. The number of fused-ring (bicyclic) bond motifs is 1. The Balaban J connectivity index is 1.50. The van der Waals surface area contributed by atoms with Gasteiger partial charge in [-0.2, -0.15) is 0 Å². The number of aromatic nitrogens is 3. The molecule has 1 amide bonds. The molecule has 1 aliphatic rings. The van der Waals surface area contributed by atoms with E-state index in [0.29, 0.717) is 18.4 Å². The molecule has 1 fully saturated rings. The number of thiophene rings is 1. The molecule has 26 heavy (non-hydrogen) atoms. The van der Waals surface area contributed by atoms with Crippen LogP contribution in [0.3, 0.4) is 0 Å². The van der Waals surface area contributed by atoms with Crippen LogP contribution in [0, 0.1) is 0 Å². The fraction of sp³-hybridized carbons (Fsp3) is 0.421. The molecule has 1 unspecified atom stereocenters. The van der Waals surface area contributed by atoms with Gasteiger partial charge in [0, 0.05) is 38.4 Å². The average molecular weight is 370 g/mol. The zero-order chi connectivity index (χ0) is 18.1. The van der Waals surface area contributed by atoms with Gasteiger partial charge in [-0.25, -0.2) is 4.98 Å². The van der Waals surface area contributed by atoms with Crippen LogP contribution in [0.5, 0.6) is 0 Å². The number of hydrogen-bond acceptors (Lipinski definition) is 4. The molecule has 0 radical (unpaired) electrons. The SMILES string of the molecule is Cn1cccc1C1CCCCN1C(=O)CCn1cnc2sccc2c1=O. The number of rotatable bonds is 4. The number of piperidine rings is 1. The molecule has 1 atom stereocenters. The van der Waals surface area contributed by atoms with Gasteiger partial charge in [0.05, 0.1) is 17.8 Å². The van der Waals surface area contributed by atoms with Crippen molar-refractivity contribution in [1.29, 1.82) is 0 Å². The minimum absolute atomic E-state index is 0.0679. The van der Waals surface area contributed by atoms with Gasteiger partial charge < -0.3 is 9.47 Å². The van der Waals surface area contributed by atoms with Crippen LogP contribution in [0.15, 0.2) is 40.9 Å². The van der Waals surface area contributed by atoms with E-state index in [4.69, 9.17) is 0 Å². The van der Waals surface area contributed by atoms with Crippen LogP contribution in [0.2, 0.25) is 0 Å². The number of carbonyl (C=O) groups excluding carboxylic acids is 1. The molecule has 4 rings (SSSR count). The summed E-state index contributed by atoms with van der Waals surface area (Å²) in [5.74, 6) is 0.105. The molecule has 0 aliphatic carbocycles. The highest BCUT2D eigenvalue weighted by atomic mass is 32.1. The van der Waals surface area contributed by atoms with Crippen molar-refractivity contribution in [2.75, 3.05) is 6.54 Å². The Morgan fingerprint density at radius 3 is 3.04 bits per heavy atom. The molecule has 7 heteroatoms. The van der Waals surface area contributed by atoms with Crippen LogP contribution in [0.25, 0.3) is 10.2 Å². The third-order valence-corrected chi connectivity index (χ3v) is 5.99. The first-order chi connectivity index (χ1) is 12.6. The lowest BCUT2D eigenvalue weighted by atomic mass is 9.98. The lowest BCUT2D eigenvalue weighted by Crippen LogP contribution is -2.39. The Morgan fingerprint density at radius 2 is 2.23 bits per heavy atom. The largest absolute Gasteiger partial charge is 0.353 e. The summed E-state index contributed by atoms with van der Waals surface area (Å²) in [6, 6.07) is 6.04. The Kier molecular flexibility index (Phi) is 4.63. The van der Waals surface area contributed by atoms with Crippen molar-refractivity contribution in [1.82, 2.24) is 19.0 Å². The maximum atomic E-state index is 12.9. The molecular weight excluding hydrogens is 348 g/mol. The summed E-state index contributed by atoms with van der Waals surface area (Å²) in [4.78, 5) is 32.4. The van der Waals surface area contributed by atoms with E-state index in [1.165, 1.54) is 17.0 Å². The molecule has 4 heterocycles. The summed E-state index contributed by atoms with van der Waals surface area (Å²) < 4.78 is 3.64. The summed E-state index contributed by atoms with van der Waals surface area (Å²) in [5, 5.41) is 2.50. The predicted octanol–water partition coefficient (Wildman–Crippen LogP) is 2.94. The van der Waals surface area contributed by atoms with E-state index in [1.807, 2.05) is 29.6 Å². The summed E-state index contributed by atoms with van der Waals surface area (Å²) in [5.41, 5.74) is 1.11. The van der Waals surface area contributed by atoms with E-state index in [0.717, 1.165) is 30.6 Å². The molecule has 136 valence electrons. The third kappa shape index (κ3) is 3.07. The normalized spacial score (nSPS) is 17.7. The second kappa shape index (κ2) is 7.07. The molecule has 0 aromatic carbocycles. The highest BCUT2D eigenvalue weighted by Crippen LogP contribution is 2.31. The number of nitrogens with zero attached hydrogens (tertiary/aromatic N) is 4. The van der Waals surface area contributed by atoms with Crippen molar-refractivity contribution >= 4 is 27.5 Å². The average Bonchev–Trinajstić information content (AvgIpc) is 3.30. The molecule has 0 saturated carbocycles. The lowest BCUT2D eigenvalue weighted by molar-refractivity contribution is -0.135. The van der Waals surface area contributed by atoms with Gasteiger partial charge in [0.25, 0.3) is 5.56 Å². The van der Waals surface area contributed by atoms with Crippen LogP contribution < -0.4 is 5.56 Å². The van der Waals surface area contributed by atoms with Gasteiger partial charge in [0.15, 0.2) is 0 Å². The topological polar surface area (TPSA) is 60.1 Å². The quantitative estimate of drug-likeness (QED) is 0.709. The molecule has 3 aromatic rings. The van der Waals surface area contributed by atoms with E-state index in [2.05, 4.69) is 15.6 Å². The van der Waals surface area contributed by atoms with E-state index in [1.54, 1.807) is 17.0 Å². The monoisotopic (exact) mass is 370 g/mol. The number of amides is 1. The van der Waals surface area contributed by atoms with Crippen molar-refractivity contribution in [2.24, 2.45) is 7.05 Å². The van der Waals surface area contributed by atoms with Crippen molar-refractivity contribution in [2.45, 2.75) is 38.3 Å². The van der Waals surface area contributed by atoms with Gasteiger partial charge in [-0.1, -0.05) is 0 Å². The second-order valence-electron chi connectivity index (χ2n) is 6.78. The van der Waals surface area contributed by atoms with E-state index >= 15 is 0 Å². The van der Waals surface area contributed by atoms with Gasteiger partial charge in [-0.05, 0) is 42.8 Å². The first-order valence-electron chi connectivity index (χ1n) is 8.98.